The molecule has 0 radical (unpaired) electrons. The first-order valence-corrected chi connectivity index (χ1v) is 7.55. The minimum atomic E-state index is -1.02. The highest BCUT2D eigenvalue weighted by Crippen LogP contribution is 2.19. The molecule has 1 fully saturated rings. The first kappa shape index (κ1) is 16.3. The molecule has 0 aromatic heterocycles. The van der Waals surface area contributed by atoms with Crippen molar-refractivity contribution in [1.82, 2.24) is 10.2 Å². The monoisotopic (exact) mass is 298 g/mol. The van der Waals surface area contributed by atoms with Crippen LogP contribution in [0.15, 0.2) is 18.2 Å². The van der Waals surface area contributed by atoms with Crippen LogP contribution in [0, 0.1) is 17.6 Å². The Morgan fingerprint density at radius 2 is 2.14 bits per heavy atom. The predicted octanol–water partition coefficient (Wildman–Crippen LogP) is 2.32. The molecule has 2 unspecified atom stereocenters. The van der Waals surface area contributed by atoms with Gasteiger partial charge >= 0.3 is 0 Å². The summed E-state index contributed by atoms with van der Waals surface area (Å²) in [6.45, 7) is 7.55. The number of rotatable bonds is 6. The number of nitrogens with one attached hydrogen (secondary N) is 1. The Morgan fingerprint density at radius 3 is 2.81 bits per heavy atom. The van der Waals surface area contributed by atoms with Crippen molar-refractivity contribution in [3.63, 3.8) is 0 Å². The molecule has 3 nitrogen and oxygen atoms in total. The second-order valence-corrected chi connectivity index (χ2v) is 6.08. The molecule has 1 aromatic rings. The van der Waals surface area contributed by atoms with E-state index >= 15 is 0 Å². The quantitative estimate of drug-likeness (QED) is 0.846. The molecule has 0 saturated carbocycles. The number of hydrogen-bond donors (Lipinski definition) is 2. The fourth-order valence-electron chi connectivity index (χ4n) is 2.80. The van der Waals surface area contributed by atoms with Crippen molar-refractivity contribution in [2.45, 2.75) is 32.4 Å². The number of halogens is 2. The Bertz CT molecular complexity index is 468. The lowest BCUT2D eigenvalue weighted by Gasteiger charge is -2.20. The Morgan fingerprint density at radius 1 is 1.38 bits per heavy atom. The normalized spacial score (nSPS) is 21.1. The lowest BCUT2D eigenvalue weighted by molar-refractivity contribution is 0.167. The van der Waals surface area contributed by atoms with Gasteiger partial charge in [0, 0.05) is 24.7 Å². The Hall–Kier alpha value is -1.04. The van der Waals surface area contributed by atoms with Crippen LogP contribution < -0.4 is 5.32 Å². The third-order valence-electron chi connectivity index (χ3n) is 4.14. The summed E-state index contributed by atoms with van der Waals surface area (Å²) in [4.78, 5) is 2.43. The van der Waals surface area contributed by atoms with Crippen LogP contribution in [0.1, 0.15) is 31.9 Å². The minimum absolute atomic E-state index is 0.0118. The minimum Gasteiger partial charge on any atom is -0.387 e. The molecule has 2 atom stereocenters. The molecule has 2 rings (SSSR count). The maximum absolute atomic E-state index is 13.5. The first-order valence-electron chi connectivity index (χ1n) is 7.55. The number of aliphatic hydroxyl groups excluding tert-OH is 1. The van der Waals surface area contributed by atoms with Crippen LogP contribution >= 0.6 is 0 Å². The van der Waals surface area contributed by atoms with Gasteiger partial charge < -0.3 is 15.3 Å². The van der Waals surface area contributed by atoms with Gasteiger partial charge in [-0.2, -0.15) is 0 Å². The highest BCUT2D eigenvalue weighted by molar-refractivity contribution is 5.21. The molecule has 0 spiro atoms. The van der Waals surface area contributed by atoms with Crippen LogP contribution in [0.5, 0.6) is 0 Å². The SMILES string of the molecule is CC(C)N1CCC(CNCC(O)c2cc(F)ccc2F)C1. The van der Waals surface area contributed by atoms with Gasteiger partial charge in [0.15, 0.2) is 0 Å². The van der Waals surface area contributed by atoms with Crippen molar-refractivity contribution >= 4 is 0 Å². The molecular formula is C16H24F2N2O. The average molecular weight is 298 g/mol. The highest BCUT2D eigenvalue weighted by Gasteiger charge is 2.24. The summed E-state index contributed by atoms with van der Waals surface area (Å²) in [7, 11) is 0. The summed E-state index contributed by atoms with van der Waals surface area (Å²) >= 11 is 0. The van der Waals surface area contributed by atoms with Crippen molar-refractivity contribution in [1.29, 1.82) is 0 Å². The Kier molecular flexibility index (Phi) is 5.67. The summed E-state index contributed by atoms with van der Waals surface area (Å²) in [5, 5.41) is 13.1. The standard InChI is InChI=1S/C16H24F2N2O/c1-11(2)20-6-5-12(10-20)8-19-9-16(21)14-7-13(17)3-4-15(14)18/h3-4,7,11-12,16,19,21H,5-6,8-10H2,1-2H3. The molecule has 1 aromatic carbocycles. The van der Waals surface area contributed by atoms with Crippen molar-refractivity contribution in [3.05, 3.63) is 35.4 Å². The van der Waals surface area contributed by atoms with E-state index in [1.165, 1.54) is 0 Å². The largest absolute Gasteiger partial charge is 0.387 e. The van der Waals surface area contributed by atoms with Crippen LogP contribution in [-0.2, 0) is 0 Å². The van der Waals surface area contributed by atoms with Crippen molar-refractivity contribution in [3.8, 4) is 0 Å². The van der Waals surface area contributed by atoms with Crippen molar-refractivity contribution in [2.24, 2.45) is 5.92 Å². The number of nitrogens with zero attached hydrogens (tertiary/aromatic N) is 1. The highest BCUT2D eigenvalue weighted by atomic mass is 19.1. The van der Waals surface area contributed by atoms with E-state index in [9.17, 15) is 13.9 Å². The molecular weight excluding hydrogens is 274 g/mol. The lowest BCUT2D eigenvalue weighted by atomic mass is 10.1. The molecule has 1 heterocycles. The summed E-state index contributed by atoms with van der Waals surface area (Å²) in [5.41, 5.74) is 0.0118. The number of hydrogen-bond acceptors (Lipinski definition) is 3. The fourth-order valence-corrected chi connectivity index (χ4v) is 2.80. The molecule has 2 N–H and O–H groups in total. The molecule has 1 aliphatic heterocycles. The van der Waals surface area contributed by atoms with Gasteiger partial charge in [-0.3, -0.25) is 0 Å². The first-order chi connectivity index (χ1) is 9.97. The van der Waals surface area contributed by atoms with E-state index in [-0.39, 0.29) is 12.1 Å². The van der Waals surface area contributed by atoms with Gasteiger partial charge in [-0.25, -0.2) is 8.78 Å². The van der Waals surface area contributed by atoms with Crippen LogP contribution in [0.3, 0.4) is 0 Å². The fraction of sp³-hybridized carbons (Fsp3) is 0.625. The van der Waals surface area contributed by atoms with Gasteiger partial charge in [-0.15, -0.1) is 0 Å². The van der Waals surface area contributed by atoms with Gasteiger partial charge in [-0.05, 0) is 57.5 Å². The third kappa shape index (κ3) is 4.46. The van der Waals surface area contributed by atoms with E-state index in [2.05, 4.69) is 24.1 Å². The van der Waals surface area contributed by atoms with Crippen LogP contribution in [0.4, 0.5) is 8.78 Å². The van der Waals surface area contributed by atoms with Crippen molar-refractivity contribution in [2.75, 3.05) is 26.2 Å². The second-order valence-electron chi connectivity index (χ2n) is 6.08. The molecule has 5 heteroatoms. The van der Waals surface area contributed by atoms with Gasteiger partial charge in [0.2, 0.25) is 0 Å². The van der Waals surface area contributed by atoms with Crippen LogP contribution in [0.2, 0.25) is 0 Å². The molecule has 1 aliphatic rings. The molecule has 0 aliphatic carbocycles. The van der Waals surface area contributed by atoms with E-state index in [0.29, 0.717) is 12.0 Å². The lowest BCUT2D eigenvalue weighted by Crippen LogP contribution is -2.32. The zero-order valence-electron chi connectivity index (χ0n) is 12.6. The van der Waals surface area contributed by atoms with Gasteiger partial charge in [0.05, 0.1) is 6.10 Å². The zero-order chi connectivity index (χ0) is 15.4. The summed E-state index contributed by atoms with van der Waals surface area (Å²) in [5.74, 6) is -0.552. The van der Waals surface area contributed by atoms with Gasteiger partial charge in [-0.1, -0.05) is 0 Å². The molecule has 0 amide bonds. The number of benzene rings is 1. The summed E-state index contributed by atoms with van der Waals surface area (Å²) < 4.78 is 26.6. The maximum Gasteiger partial charge on any atom is 0.129 e. The van der Waals surface area contributed by atoms with Crippen LogP contribution in [0.25, 0.3) is 0 Å². The third-order valence-corrected chi connectivity index (χ3v) is 4.14. The van der Waals surface area contributed by atoms with E-state index in [0.717, 1.165) is 44.3 Å². The predicted molar refractivity (Wildman–Crippen MR) is 79.0 cm³/mol. The van der Waals surface area contributed by atoms with E-state index < -0.39 is 17.7 Å². The summed E-state index contributed by atoms with van der Waals surface area (Å²) in [6, 6.07) is 3.71. The van der Waals surface area contributed by atoms with Crippen LogP contribution in [-0.4, -0.2) is 42.2 Å². The molecule has 0 bridgehead atoms. The Balaban J connectivity index is 1.77. The molecule has 118 valence electrons. The van der Waals surface area contributed by atoms with Gasteiger partial charge in [0.25, 0.3) is 0 Å². The second kappa shape index (κ2) is 7.29. The Labute approximate surface area is 125 Å². The van der Waals surface area contributed by atoms with E-state index in [1.54, 1.807) is 0 Å². The van der Waals surface area contributed by atoms with Crippen molar-refractivity contribution < 1.29 is 13.9 Å². The zero-order valence-corrected chi connectivity index (χ0v) is 12.6. The topological polar surface area (TPSA) is 35.5 Å². The average Bonchev–Trinajstić information content (AvgIpc) is 2.90. The maximum atomic E-state index is 13.5. The molecule has 1 saturated heterocycles. The molecule has 21 heavy (non-hydrogen) atoms. The van der Waals surface area contributed by atoms with Gasteiger partial charge in [0.1, 0.15) is 11.6 Å². The number of aliphatic hydroxyl groups is 1. The smallest absolute Gasteiger partial charge is 0.129 e. The van der Waals surface area contributed by atoms with E-state index in [1.807, 2.05) is 0 Å². The van der Waals surface area contributed by atoms with E-state index in [4.69, 9.17) is 0 Å². The number of likely N-dealkylation sites (tertiary alicyclic amines) is 1. The summed E-state index contributed by atoms with van der Waals surface area (Å²) in [6.07, 6.45) is 0.110.